The van der Waals surface area contributed by atoms with Gasteiger partial charge in [0.25, 0.3) is 5.56 Å². The number of benzene rings is 2. The minimum Gasteiger partial charge on any atom is -0.495 e. The van der Waals surface area contributed by atoms with Gasteiger partial charge in [-0.05, 0) is 72.5 Å². The first-order valence-electron chi connectivity index (χ1n) is 13.7. The maximum absolute atomic E-state index is 13.6. The lowest BCUT2D eigenvalue weighted by Crippen LogP contribution is -2.49. The molecule has 1 N–H and O–H groups in total. The Kier molecular flexibility index (Phi) is 7.05. The van der Waals surface area contributed by atoms with Crippen LogP contribution in [0.2, 0.25) is 0 Å². The van der Waals surface area contributed by atoms with E-state index >= 15 is 0 Å². The van der Waals surface area contributed by atoms with Gasteiger partial charge in [0.05, 0.1) is 25.4 Å². The molecule has 2 aromatic heterocycles. The number of fused-ring (bicyclic) bond motifs is 1. The first-order chi connectivity index (χ1) is 19.0. The summed E-state index contributed by atoms with van der Waals surface area (Å²) in [6, 6.07) is 13.9. The third kappa shape index (κ3) is 5.02. The number of H-pyrrole nitrogens is 1. The van der Waals surface area contributed by atoms with Crippen molar-refractivity contribution >= 4 is 16.6 Å². The zero-order valence-corrected chi connectivity index (χ0v) is 22.8. The van der Waals surface area contributed by atoms with Crippen LogP contribution in [-0.2, 0) is 11.3 Å². The van der Waals surface area contributed by atoms with Crippen LogP contribution >= 0.6 is 0 Å². The van der Waals surface area contributed by atoms with Crippen molar-refractivity contribution in [2.45, 2.75) is 45.4 Å². The first-order valence-corrected chi connectivity index (χ1v) is 13.7. The molecule has 2 saturated heterocycles. The lowest BCUT2D eigenvalue weighted by Gasteiger charge is -2.40. The summed E-state index contributed by atoms with van der Waals surface area (Å²) in [6.07, 6.45) is 2.10. The number of aromatic nitrogens is 5. The summed E-state index contributed by atoms with van der Waals surface area (Å²) >= 11 is 0. The number of para-hydroxylation sites is 2. The Labute approximate surface area is 227 Å². The molecule has 6 rings (SSSR count). The fourth-order valence-corrected chi connectivity index (χ4v) is 6.02. The topological polar surface area (TPSA) is 101 Å². The molecule has 4 aromatic rings. The van der Waals surface area contributed by atoms with Crippen molar-refractivity contribution in [2.24, 2.45) is 0 Å². The van der Waals surface area contributed by atoms with Gasteiger partial charge in [-0.15, -0.1) is 5.10 Å². The Morgan fingerprint density at radius 3 is 2.72 bits per heavy atom. The fourth-order valence-electron chi connectivity index (χ4n) is 6.02. The molecule has 39 heavy (non-hydrogen) atoms. The number of hydrogen-bond acceptors (Lipinski definition) is 8. The lowest BCUT2D eigenvalue weighted by molar-refractivity contribution is 0.0906. The molecule has 0 amide bonds. The second-order valence-corrected chi connectivity index (χ2v) is 10.5. The second-order valence-electron chi connectivity index (χ2n) is 10.5. The molecule has 10 nitrogen and oxygen atoms in total. The Hall–Kier alpha value is -3.76. The molecular weight excluding hydrogens is 494 g/mol. The average molecular weight is 530 g/mol. The number of piperazine rings is 1. The predicted octanol–water partition coefficient (Wildman–Crippen LogP) is 3.23. The number of methoxy groups -OCH3 is 1. The first kappa shape index (κ1) is 25.5. The van der Waals surface area contributed by atoms with Gasteiger partial charge in [0.15, 0.2) is 5.82 Å². The van der Waals surface area contributed by atoms with Gasteiger partial charge in [0, 0.05) is 49.3 Å². The van der Waals surface area contributed by atoms with E-state index < -0.39 is 6.04 Å². The number of nitrogens with one attached hydrogen (secondary N) is 1. The highest BCUT2D eigenvalue weighted by Crippen LogP contribution is 2.33. The van der Waals surface area contributed by atoms with E-state index in [2.05, 4.69) is 49.4 Å². The molecule has 2 atom stereocenters. The summed E-state index contributed by atoms with van der Waals surface area (Å²) in [6.45, 7) is 8.51. The van der Waals surface area contributed by atoms with Crippen molar-refractivity contribution in [2.75, 3.05) is 44.8 Å². The van der Waals surface area contributed by atoms with Crippen LogP contribution in [0, 0.1) is 13.8 Å². The number of nitrogens with zero attached hydrogens (tertiary/aromatic N) is 6. The van der Waals surface area contributed by atoms with Gasteiger partial charge in [0.2, 0.25) is 0 Å². The van der Waals surface area contributed by atoms with Crippen LogP contribution in [-0.4, -0.2) is 76.1 Å². The fraction of sp³-hybridized carbons (Fsp3) is 0.448. The van der Waals surface area contributed by atoms with E-state index in [0.717, 1.165) is 79.1 Å². The SMILES string of the molecule is COc1ccccc1N1CCN([C@@H](c2cc3c(C)cc(C)cc3[nH]c2=O)c2nnnn2C[C@H]2CCCO2)CC1. The van der Waals surface area contributed by atoms with Gasteiger partial charge in [-0.3, -0.25) is 9.69 Å². The van der Waals surface area contributed by atoms with Crippen molar-refractivity contribution in [3.63, 3.8) is 0 Å². The van der Waals surface area contributed by atoms with Gasteiger partial charge < -0.3 is 19.4 Å². The maximum Gasteiger partial charge on any atom is 0.253 e. The van der Waals surface area contributed by atoms with Gasteiger partial charge >= 0.3 is 0 Å². The molecule has 2 aliphatic heterocycles. The maximum atomic E-state index is 13.6. The summed E-state index contributed by atoms with van der Waals surface area (Å²) in [7, 11) is 1.70. The minimum atomic E-state index is -0.393. The van der Waals surface area contributed by atoms with E-state index in [1.807, 2.05) is 41.9 Å². The van der Waals surface area contributed by atoms with Crippen molar-refractivity contribution < 1.29 is 9.47 Å². The number of aryl methyl sites for hydroxylation is 2. The molecule has 4 heterocycles. The quantitative estimate of drug-likeness (QED) is 0.390. The number of anilines is 1. The van der Waals surface area contributed by atoms with Gasteiger partial charge in [-0.2, -0.15) is 0 Å². The third-order valence-electron chi connectivity index (χ3n) is 7.95. The van der Waals surface area contributed by atoms with E-state index in [9.17, 15) is 4.79 Å². The average Bonchev–Trinajstić information content (AvgIpc) is 3.62. The number of tetrazole rings is 1. The molecule has 204 valence electrons. The molecule has 0 unspecified atom stereocenters. The largest absolute Gasteiger partial charge is 0.495 e. The number of ether oxygens (including phenoxy) is 2. The molecule has 2 fully saturated rings. The standard InChI is InChI=1S/C29H35N7O3/c1-19-15-20(2)22-17-23(29(37)30-24(22)16-19)27(28-31-32-33-36(28)18-21-7-6-14-39-21)35-12-10-34(11-13-35)25-8-4-5-9-26(25)38-3/h4-5,8-9,15-17,21,27H,6-7,10-14,18H2,1-3H3,(H,30,37)/t21-,27+/m1/s1. The third-order valence-corrected chi connectivity index (χ3v) is 7.95. The van der Waals surface area contributed by atoms with E-state index in [1.165, 1.54) is 0 Å². The van der Waals surface area contributed by atoms with Crippen LogP contribution in [0.25, 0.3) is 10.9 Å². The lowest BCUT2D eigenvalue weighted by atomic mass is 9.99. The predicted molar refractivity (Wildman–Crippen MR) is 149 cm³/mol. The van der Waals surface area contributed by atoms with Crippen molar-refractivity contribution in [3.05, 3.63) is 75.3 Å². The summed E-state index contributed by atoms with van der Waals surface area (Å²) in [5.74, 6) is 1.53. The normalized spacial score (nSPS) is 19.1. The Balaban J connectivity index is 1.38. The minimum absolute atomic E-state index is 0.0791. The monoisotopic (exact) mass is 529 g/mol. The van der Waals surface area contributed by atoms with Crippen molar-refractivity contribution in [1.82, 2.24) is 30.1 Å². The summed E-state index contributed by atoms with van der Waals surface area (Å²) in [5.41, 5.74) is 4.71. The molecule has 0 bridgehead atoms. The summed E-state index contributed by atoms with van der Waals surface area (Å²) in [5, 5.41) is 13.9. The van der Waals surface area contributed by atoms with Crippen molar-refractivity contribution in [1.29, 1.82) is 0 Å². The highest BCUT2D eigenvalue weighted by molar-refractivity contribution is 5.83. The van der Waals surface area contributed by atoms with Crippen LogP contribution in [0.15, 0.2) is 47.3 Å². The number of hydrogen-bond donors (Lipinski definition) is 1. The molecule has 2 aliphatic rings. The molecule has 10 heteroatoms. The molecular formula is C29H35N7O3. The van der Waals surface area contributed by atoms with E-state index in [0.29, 0.717) is 17.9 Å². The van der Waals surface area contributed by atoms with Crippen LogP contribution in [0.5, 0.6) is 5.75 Å². The number of rotatable bonds is 7. The smallest absolute Gasteiger partial charge is 0.253 e. The molecule has 0 aliphatic carbocycles. The molecule has 0 radical (unpaired) electrons. The summed E-state index contributed by atoms with van der Waals surface area (Å²) in [4.78, 5) is 21.5. The zero-order valence-electron chi connectivity index (χ0n) is 22.8. The van der Waals surface area contributed by atoms with Crippen LogP contribution in [0.4, 0.5) is 5.69 Å². The number of pyridine rings is 1. The Bertz CT molecular complexity index is 1520. The highest BCUT2D eigenvalue weighted by Gasteiger charge is 2.34. The summed E-state index contributed by atoms with van der Waals surface area (Å²) < 4.78 is 13.3. The van der Waals surface area contributed by atoms with Crippen LogP contribution in [0.3, 0.4) is 0 Å². The van der Waals surface area contributed by atoms with E-state index in [-0.39, 0.29) is 11.7 Å². The molecule has 0 spiro atoms. The molecule has 2 aromatic carbocycles. The second kappa shape index (κ2) is 10.8. The van der Waals surface area contributed by atoms with E-state index in [1.54, 1.807) is 7.11 Å². The van der Waals surface area contributed by atoms with E-state index in [4.69, 9.17) is 9.47 Å². The van der Waals surface area contributed by atoms with Gasteiger partial charge in [0.1, 0.15) is 11.8 Å². The Morgan fingerprint density at radius 1 is 1.13 bits per heavy atom. The van der Waals surface area contributed by atoms with Crippen LogP contribution in [0.1, 0.15) is 41.4 Å². The van der Waals surface area contributed by atoms with Crippen LogP contribution < -0.4 is 15.2 Å². The van der Waals surface area contributed by atoms with Gasteiger partial charge in [-0.25, -0.2) is 4.68 Å². The highest BCUT2D eigenvalue weighted by atomic mass is 16.5. The Morgan fingerprint density at radius 2 is 1.95 bits per heavy atom. The number of aromatic amines is 1. The van der Waals surface area contributed by atoms with Crippen molar-refractivity contribution in [3.8, 4) is 5.75 Å². The van der Waals surface area contributed by atoms with Gasteiger partial charge in [-0.1, -0.05) is 18.2 Å². The zero-order chi connectivity index (χ0) is 26.9. The molecule has 0 saturated carbocycles.